The van der Waals surface area contributed by atoms with Crippen LogP contribution in [0.4, 0.5) is 11.4 Å². The number of imide groups is 1. The molecule has 4 aromatic carbocycles. The number of hydrogen-bond acceptors (Lipinski definition) is 7. The number of thioether (sulfide) groups is 1. The predicted octanol–water partition coefficient (Wildman–Crippen LogP) is 5.40. The molecule has 0 aromatic heterocycles. The molecule has 0 radical (unpaired) electrons. The highest BCUT2D eigenvalue weighted by atomic mass is 32.2. The molecule has 0 bridgehead atoms. The Labute approximate surface area is 229 Å². The minimum absolute atomic E-state index is 0.0660. The number of nitrogens with zero attached hydrogens (tertiary/aromatic N) is 1. The van der Waals surface area contributed by atoms with Crippen molar-refractivity contribution in [1.82, 2.24) is 0 Å². The zero-order valence-corrected chi connectivity index (χ0v) is 21.6. The van der Waals surface area contributed by atoms with Gasteiger partial charge in [-0.15, -0.1) is 11.8 Å². The number of benzene rings is 4. The van der Waals surface area contributed by atoms with E-state index < -0.39 is 17.8 Å². The van der Waals surface area contributed by atoms with Crippen molar-refractivity contribution < 1.29 is 23.9 Å². The maximum absolute atomic E-state index is 13.0. The fourth-order valence-electron chi connectivity index (χ4n) is 4.24. The predicted molar refractivity (Wildman–Crippen MR) is 151 cm³/mol. The number of carbonyl (C=O) groups is 4. The van der Waals surface area contributed by atoms with E-state index in [0.29, 0.717) is 16.9 Å². The third-order valence-corrected chi connectivity index (χ3v) is 7.43. The van der Waals surface area contributed by atoms with Gasteiger partial charge in [-0.05, 0) is 53.6 Å². The van der Waals surface area contributed by atoms with Gasteiger partial charge in [-0.1, -0.05) is 60.7 Å². The summed E-state index contributed by atoms with van der Waals surface area (Å²) in [5.41, 5.74) is 9.43. The smallest absolute Gasteiger partial charge is 0.338 e. The molecule has 1 saturated heterocycles. The van der Waals surface area contributed by atoms with E-state index in [0.717, 1.165) is 20.9 Å². The highest BCUT2D eigenvalue weighted by Gasteiger charge is 2.40. The van der Waals surface area contributed by atoms with Crippen LogP contribution in [0.25, 0.3) is 11.1 Å². The number of hydrogen-bond donors (Lipinski definition) is 1. The summed E-state index contributed by atoms with van der Waals surface area (Å²) in [5.74, 6) is -1.64. The van der Waals surface area contributed by atoms with E-state index in [1.807, 2.05) is 48.5 Å². The lowest BCUT2D eigenvalue weighted by atomic mass is 10.0. The van der Waals surface area contributed by atoms with E-state index in [9.17, 15) is 19.2 Å². The molecule has 2 amide bonds. The van der Waals surface area contributed by atoms with Crippen molar-refractivity contribution >= 4 is 46.7 Å². The second kappa shape index (κ2) is 11.4. The molecule has 0 spiro atoms. The molecule has 7 nitrogen and oxygen atoms in total. The van der Waals surface area contributed by atoms with E-state index in [2.05, 4.69) is 0 Å². The third kappa shape index (κ3) is 5.91. The first-order valence-corrected chi connectivity index (χ1v) is 13.1. The number of Topliss-reactive ketones (excluding diaryl/α,β-unsaturated/α-hetero) is 1. The van der Waals surface area contributed by atoms with Gasteiger partial charge in [0, 0.05) is 22.6 Å². The average Bonchev–Trinajstić information content (AvgIpc) is 3.24. The van der Waals surface area contributed by atoms with E-state index >= 15 is 0 Å². The van der Waals surface area contributed by atoms with Gasteiger partial charge in [-0.25, -0.2) is 9.69 Å². The summed E-state index contributed by atoms with van der Waals surface area (Å²) >= 11 is 1.29. The van der Waals surface area contributed by atoms with Crippen LogP contribution in [0, 0.1) is 0 Å². The molecule has 1 heterocycles. The van der Waals surface area contributed by atoms with Crippen molar-refractivity contribution in [2.45, 2.75) is 16.6 Å². The van der Waals surface area contributed by atoms with Crippen LogP contribution in [0.5, 0.6) is 0 Å². The van der Waals surface area contributed by atoms with Crippen LogP contribution in [-0.4, -0.2) is 35.4 Å². The Bertz CT molecular complexity index is 1540. The van der Waals surface area contributed by atoms with Crippen molar-refractivity contribution in [3.8, 4) is 11.1 Å². The molecule has 4 aromatic rings. The van der Waals surface area contributed by atoms with Gasteiger partial charge in [0.05, 0.1) is 16.5 Å². The molecular weight excluding hydrogens is 512 g/mol. The number of rotatable bonds is 8. The first-order chi connectivity index (χ1) is 18.9. The van der Waals surface area contributed by atoms with Crippen LogP contribution in [0.1, 0.15) is 27.1 Å². The second-order valence-electron chi connectivity index (χ2n) is 8.94. The summed E-state index contributed by atoms with van der Waals surface area (Å²) in [4.78, 5) is 52.6. The summed E-state index contributed by atoms with van der Waals surface area (Å²) in [6.07, 6.45) is 0.0660. The lowest BCUT2D eigenvalue weighted by Gasteiger charge is -2.15. The van der Waals surface area contributed by atoms with Gasteiger partial charge in [-0.2, -0.15) is 0 Å². The molecule has 5 rings (SSSR count). The third-order valence-electron chi connectivity index (χ3n) is 6.25. The van der Waals surface area contributed by atoms with Gasteiger partial charge in [0.1, 0.15) is 0 Å². The van der Waals surface area contributed by atoms with Gasteiger partial charge >= 0.3 is 5.97 Å². The maximum Gasteiger partial charge on any atom is 0.338 e. The van der Waals surface area contributed by atoms with Crippen LogP contribution in [0.2, 0.25) is 0 Å². The fourth-order valence-corrected chi connectivity index (χ4v) is 5.36. The molecule has 0 saturated carbocycles. The van der Waals surface area contributed by atoms with Crippen molar-refractivity contribution in [3.05, 3.63) is 114 Å². The Morgan fingerprint density at radius 2 is 1.49 bits per heavy atom. The topological polar surface area (TPSA) is 107 Å². The Morgan fingerprint density at radius 1 is 0.821 bits per heavy atom. The molecule has 8 heteroatoms. The molecule has 1 fully saturated rings. The monoisotopic (exact) mass is 536 g/mol. The molecule has 194 valence electrons. The number of ether oxygens (including phenoxy) is 1. The normalized spacial score (nSPS) is 14.9. The van der Waals surface area contributed by atoms with Gasteiger partial charge < -0.3 is 10.5 Å². The highest BCUT2D eigenvalue weighted by molar-refractivity contribution is 8.00. The van der Waals surface area contributed by atoms with E-state index in [4.69, 9.17) is 10.5 Å². The van der Waals surface area contributed by atoms with Crippen LogP contribution in [0.15, 0.2) is 108 Å². The SMILES string of the molecule is Nc1cccc(S[C@@H]2CC(=O)N(c3ccc(C(=O)OCC(=O)c4ccc(-c5ccccc5)cc4)cc3)C2=O)c1. The molecule has 1 aliphatic rings. The van der Waals surface area contributed by atoms with E-state index in [-0.39, 0.29) is 29.6 Å². The average molecular weight is 537 g/mol. The van der Waals surface area contributed by atoms with Crippen LogP contribution in [0.3, 0.4) is 0 Å². The quantitative estimate of drug-likeness (QED) is 0.139. The highest BCUT2D eigenvalue weighted by Crippen LogP contribution is 2.34. The summed E-state index contributed by atoms with van der Waals surface area (Å²) < 4.78 is 5.21. The fraction of sp³-hybridized carbons (Fsp3) is 0.0968. The van der Waals surface area contributed by atoms with E-state index in [1.165, 1.54) is 36.0 Å². The minimum Gasteiger partial charge on any atom is -0.454 e. The standard InChI is InChI=1S/C31H24N2O5S/c32-24-7-4-8-26(17-24)39-28-18-29(35)33(30(28)36)25-15-13-23(14-16-25)31(37)38-19-27(34)22-11-9-21(10-12-22)20-5-2-1-3-6-20/h1-17,28H,18-19,32H2/t28-/m1/s1. The zero-order chi connectivity index (χ0) is 27.4. The van der Waals surface area contributed by atoms with Gasteiger partial charge in [-0.3, -0.25) is 14.4 Å². The van der Waals surface area contributed by atoms with Crippen molar-refractivity contribution in [3.63, 3.8) is 0 Å². The molecule has 2 N–H and O–H groups in total. The number of carbonyl (C=O) groups excluding carboxylic acids is 4. The van der Waals surface area contributed by atoms with Gasteiger partial charge in [0.25, 0.3) is 0 Å². The van der Waals surface area contributed by atoms with Crippen LogP contribution < -0.4 is 10.6 Å². The molecule has 0 unspecified atom stereocenters. The summed E-state index contributed by atoms with van der Waals surface area (Å²) in [6, 6.07) is 30.0. The lowest BCUT2D eigenvalue weighted by molar-refractivity contribution is -0.121. The van der Waals surface area contributed by atoms with Gasteiger partial charge in [0.2, 0.25) is 11.8 Å². The van der Waals surface area contributed by atoms with Gasteiger partial charge in [0.15, 0.2) is 12.4 Å². The number of nitrogens with two attached hydrogens (primary N) is 1. The lowest BCUT2D eigenvalue weighted by Crippen LogP contribution is -2.31. The summed E-state index contributed by atoms with van der Waals surface area (Å²) in [6.45, 7) is -0.405. The Balaban J connectivity index is 1.18. The Kier molecular flexibility index (Phi) is 7.56. The number of nitrogen functional groups attached to an aromatic ring is 1. The minimum atomic E-state index is -0.676. The van der Waals surface area contributed by atoms with E-state index in [1.54, 1.807) is 30.3 Å². The number of amides is 2. The molecule has 1 aliphatic heterocycles. The maximum atomic E-state index is 13.0. The Morgan fingerprint density at radius 3 is 2.18 bits per heavy atom. The molecule has 0 aliphatic carbocycles. The van der Waals surface area contributed by atoms with Crippen LogP contribution >= 0.6 is 11.8 Å². The first-order valence-electron chi connectivity index (χ1n) is 12.2. The van der Waals surface area contributed by atoms with Crippen LogP contribution in [-0.2, 0) is 14.3 Å². The number of anilines is 2. The van der Waals surface area contributed by atoms with Crippen molar-refractivity contribution in [2.24, 2.45) is 0 Å². The Hall–Kier alpha value is -4.69. The van der Waals surface area contributed by atoms with Crippen molar-refractivity contribution in [2.75, 3.05) is 17.2 Å². The first kappa shape index (κ1) is 25.9. The number of esters is 1. The summed E-state index contributed by atoms with van der Waals surface area (Å²) in [7, 11) is 0. The zero-order valence-electron chi connectivity index (χ0n) is 20.8. The van der Waals surface area contributed by atoms with Crippen molar-refractivity contribution in [1.29, 1.82) is 0 Å². The largest absolute Gasteiger partial charge is 0.454 e. The number of ketones is 1. The summed E-state index contributed by atoms with van der Waals surface area (Å²) in [5, 5.41) is -0.559. The second-order valence-corrected chi connectivity index (χ2v) is 10.2. The molecular formula is C31H24N2O5S. The molecule has 39 heavy (non-hydrogen) atoms. The molecule has 1 atom stereocenters.